The van der Waals surface area contributed by atoms with Gasteiger partial charge in [-0.3, -0.25) is 0 Å². The van der Waals surface area contributed by atoms with Gasteiger partial charge in [-0.1, -0.05) is 0 Å². The molecule has 1 aromatic carbocycles. The molecule has 0 aliphatic heterocycles. The number of nitrogens with one attached hydrogen (secondary N) is 1. The van der Waals surface area contributed by atoms with Crippen molar-refractivity contribution in [2.45, 2.75) is 37.8 Å². The Kier molecular flexibility index (Phi) is 5.10. The van der Waals surface area contributed by atoms with Crippen molar-refractivity contribution in [1.29, 1.82) is 5.26 Å². The summed E-state index contributed by atoms with van der Waals surface area (Å²) in [5.74, 6) is 0.562. The van der Waals surface area contributed by atoms with Gasteiger partial charge >= 0.3 is 6.09 Å². The van der Waals surface area contributed by atoms with Gasteiger partial charge in [0.2, 0.25) is 0 Å². The molecule has 0 spiro atoms. The maximum atomic E-state index is 11.0. The molecule has 6 heteroatoms. The molecule has 6 nitrogen and oxygen atoms in total. The second kappa shape index (κ2) is 7.03. The van der Waals surface area contributed by atoms with E-state index in [0.29, 0.717) is 17.4 Å². The van der Waals surface area contributed by atoms with Crippen molar-refractivity contribution >= 4 is 11.8 Å². The fourth-order valence-electron chi connectivity index (χ4n) is 2.87. The van der Waals surface area contributed by atoms with Crippen LogP contribution in [0.15, 0.2) is 18.2 Å². The van der Waals surface area contributed by atoms with Crippen molar-refractivity contribution in [1.82, 2.24) is 4.90 Å². The Hall–Kier alpha value is -2.42. The molecule has 1 saturated carbocycles. The zero-order valence-electron chi connectivity index (χ0n) is 12.9. The monoisotopic (exact) mass is 303 g/mol. The van der Waals surface area contributed by atoms with Gasteiger partial charge in [0.25, 0.3) is 0 Å². The van der Waals surface area contributed by atoms with E-state index in [9.17, 15) is 4.79 Å². The SMILES string of the molecule is COc1cc(N[C@H]2CC[C@H](N(C)C(=O)O)CC2)ccc1C#N. The van der Waals surface area contributed by atoms with Gasteiger partial charge < -0.3 is 20.1 Å². The summed E-state index contributed by atoms with van der Waals surface area (Å²) in [6.45, 7) is 0. The van der Waals surface area contributed by atoms with Crippen LogP contribution in [0.25, 0.3) is 0 Å². The summed E-state index contributed by atoms with van der Waals surface area (Å²) in [6, 6.07) is 7.95. The second-order valence-corrected chi connectivity index (χ2v) is 5.57. The Bertz CT molecular complexity index is 574. The first-order valence-corrected chi connectivity index (χ1v) is 7.35. The predicted molar refractivity (Wildman–Crippen MR) is 83.2 cm³/mol. The normalized spacial score (nSPS) is 20.8. The molecule has 1 aliphatic rings. The minimum atomic E-state index is -0.867. The summed E-state index contributed by atoms with van der Waals surface area (Å²) < 4.78 is 5.21. The molecule has 0 atom stereocenters. The first-order valence-electron chi connectivity index (χ1n) is 7.35. The van der Waals surface area contributed by atoms with E-state index in [1.54, 1.807) is 20.2 Å². The van der Waals surface area contributed by atoms with Crippen molar-refractivity contribution in [2.75, 3.05) is 19.5 Å². The fourth-order valence-corrected chi connectivity index (χ4v) is 2.87. The van der Waals surface area contributed by atoms with Gasteiger partial charge in [0, 0.05) is 30.9 Å². The Balaban J connectivity index is 1.94. The van der Waals surface area contributed by atoms with Crippen LogP contribution in [0.4, 0.5) is 10.5 Å². The predicted octanol–water partition coefficient (Wildman–Crippen LogP) is 2.90. The van der Waals surface area contributed by atoms with E-state index in [4.69, 9.17) is 15.1 Å². The van der Waals surface area contributed by atoms with E-state index in [1.165, 1.54) is 4.90 Å². The third-order valence-corrected chi connectivity index (χ3v) is 4.24. The van der Waals surface area contributed by atoms with Crippen LogP contribution in [0, 0.1) is 11.3 Å². The van der Waals surface area contributed by atoms with Crippen LogP contribution in [0.2, 0.25) is 0 Å². The number of benzene rings is 1. The lowest BCUT2D eigenvalue weighted by molar-refractivity contribution is 0.125. The molecule has 22 heavy (non-hydrogen) atoms. The van der Waals surface area contributed by atoms with Crippen LogP contribution in [-0.4, -0.2) is 42.3 Å². The zero-order chi connectivity index (χ0) is 16.1. The van der Waals surface area contributed by atoms with E-state index < -0.39 is 6.09 Å². The number of carbonyl (C=O) groups is 1. The second-order valence-electron chi connectivity index (χ2n) is 5.57. The van der Waals surface area contributed by atoms with Gasteiger partial charge in [-0.2, -0.15) is 5.26 Å². The lowest BCUT2D eigenvalue weighted by Gasteiger charge is -2.34. The summed E-state index contributed by atoms with van der Waals surface area (Å²) in [5, 5.41) is 21.4. The molecular weight excluding hydrogens is 282 g/mol. The summed E-state index contributed by atoms with van der Waals surface area (Å²) in [4.78, 5) is 12.4. The van der Waals surface area contributed by atoms with E-state index in [-0.39, 0.29) is 6.04 Å². The molecule has 1 aliphatic carbocycles. The molecule has 118 valence electrons. The molecule has 0 heterocycles. The molecule has 0 radical (unpaired) electrons. The topological polar surface area (TPSA) is 85.6 Å². The third kappa shape index (κ3) is 3.61. The van der Waals surface area contributed by atoms with Gasteiger partial charge in [0.15, 0.2) is 0 Å². The Morgan fingerprint density at radius 3 is 2.64 bits per heavy atom. The molecule has 0 bridgehead atoms. The van der Waals surface area contributed by atoms with Gasteiger partial charge in [-0.15, -0.1) is 0 Å². The van der Waals surface area contributed by atoms with Crippen LogP contribution in [0.5, 0.6) is 5.75 Å². The standard InChI is InChI=1S/C16H21N3O3/c1-19(16(20)21)14-7-5-12(6-8-14)18-13-4-3-11(10-17)15(9-13)22-2/h3-4,9,12,14,18H,5-8H2,1-2H3,(H,20,21)/t12-,14-. The van der Waals surface area contributed by atoms with E-state index in [0.717, 1.165) is 31.4 Å². The Morgan fingerprint density at radius 2 is 2.09 bits per heavy atom. The van der Waals surface area contributed by atoms with Crippen LogP contribution >= 0.6 is 0 Å². The highest BCUT2D eigenvalue weighted by Gasteiger charge is 2.26. The van der Waals surface area contributed by atoms with Crippen LogP contribution < -0.4 is 10.1 Å². The summed E-state index contributed by atoms with van der Waals surface area (Å²) in [7, 11) is 3.18. The summed E-state index contributed by atoms with van der Waals surface area (Å²) >= 11 is 0. The highest BCUT2D eigenvalue weighted by Crippen LogP contribution is 2.27. The molecule has 2 N–H and O–H groups in total. The van der Waals surface area contributed by atoms with Crippen LogP contribution in [0.3, 0.4) is 0 Å². The molecule has 1 aromatic rings. The lowest BCUT2D eigenvalue weighted by atomic mass is 9.90. The highest BCUT2D eigenvalue weighted by molar-refractivity contribution is 5.65. The summed E-state index contributed by atoms with van der Waals surface area (Å²) in [5.41, 5.74) is 1.44. The number of nitriles is 1. The first-order chi connectivity index (χ1) is 10.5. The van der Waals surface area contributed by atoms with Crippen molar-refractivity contribution in [3.05, 3.63) is 23.8 Å². The highest BCUT2D eigenvalue weighted by atomic mass is 16.5. The number of amides is 1. The van der Waals surface area contributed by atoms with Gasteiger partial charge in [-0.05, 0) is 37.8 Å². The maximum Gasteiger partial charge on any atom is 0.407 e. The average molecular weight is 303 g/mol. The molecule has 0 unspecified atom stereocenters. The number of ether oxygens (including phenoxy) is 1. The largest absolute Gasteiger partial charge is 0.495 e. The first kappa shape index (κ1) is 16.0. The molecule has 0 saturated heterocycles. The maximum absolute atomic E-state index is 11.0. The smallest absolute Gasteiger partial charge is 0.407 e. The minimum absolute atomic E-state index is 0.103. The fraction of sp³-hybridized carbons (Fsp3) is 0.500. The van der Waals surface area contributed by atoms with Crippen LogP contribution in [-0.2, 0) is 0 Å². The molecule has 1 amide bonds. The van der Waals surface area contributed by atoms with Crippen molar-refractivity contribution in [3.8, 4) is 11.8 Å². The van der Waals surface area contributed by atoms with Crippen LogP contribution in [0.1, 0.15) is 31.2 Å². The quantitative estimate of drug-likeness (QED) is 0.893. The summed E-state index contributed by atoms with van der Waals surface area (Å²) in [6.07, 6.45) is 2.69. The van der Waals surface area contributed by atoms with E-state index >= 15 is 0 Å². The van der Waals surface area contributed by atoms with Crippen molar-refractivity contribution in [3.63, 3.8) is 0 Å². The lowest BCUT2D eigenvalue weighted by Crippen LogP contribution is -2.40. The van der Waals surface area contributed by atoms with E-state index in [2.05, 4.69) is 11.4 Å². The number of methoxy groups -OCH3 is 1. The number of hydrogen-bond acceptors (Lipinski definition) is 4. The molecular formula is C16H21N3O3. The number of nitrogens with zero attached hydrogens (tertiary/aromatic N) is 2. The van der Waals surface area contributed by atoms with Crippen molar-refractivity contribution < 1.29 is 14.6 Å². The Labute approximate surface area is 130 Å². The van der Waals surface area contributed by atoms with E-state index in [1.807, 2.05) is 12.1 Å². The third-order valence-electron chi connectivity index (χ3n) is 4.24. The number of carboxylic acid groups (broad SMARTS) is 1. The number of hydrogen-bond donors (Lipinski definition) is 2. The minimum Gasteiger partial charge on any atom is -0.495 e. The number of rotatable bonds is 4. The van der Waals surface area contributed by atoms with Gasteiger partial charge in [-0.25, -0.2) is 4.79 Å². The zero-order valence-corrected chi connectivity index (χ0v) is 12.9. The number of anilines is 1. The van der Waals surface area contributed by atoms with Gasteiger partial charge in [0.05, 0.1) is 12.7 Å². The van der Waals surface area contributed by atoms with Gasteiger partial charge in [0.1, 0.15) is 11.8 Å². The molecule has 2 rings (SSSR count). The Morgan fingerprint density at radius 1 is 1.41 bits per heavy atom. The molecule has 1 fully saturated rings. The van der Waals surface area contributed by atoms with Crippen molar-refractivity contribution in [2.24, 2.45) is 0 Å². The average Bonchev–Trinajstić information content (AvgIpc) is 2.54. The molecule has 0 aromatic heterocycles.